The summed E-state index contributed by atoms with van der Waals surface area (Å²) in [4.78, 5) is 0. The summed E-state index contributed by atoms with van der Waals surface area (Å²) in [5, 5.41) is 6.71. The Morgan fingerprint density at radius 1 is 1.32 bits per heavy atom. The van der Waals surface area contributed by atoms with Gasteiger partial charge in [0, 0.05) is 5.56 Å². The van der Waals surface area contributed by atoms with Gasteiger partial charge in [-0.1, -0.05) is 43.6 Å². The fourth-order valence-electron chi connectivity index (χ4n) is 1.86. The van der Waals surface area contributed by atoms with Crippen molar-refractivity contribution in [2.24, 2.45) is 11.7 Å². The zero-order chi connectivity index (χ0) is 16.3. The second-order valence-corrected chi connectivity index (χ2v) is 7.04. The molecule has 0 saturated heterocycles. The van der Waals surface area contributed by atoms with Crippen molar-refractivity contribution in [1.82, 2.24) is 10.2 Å². The highest BCUT2D eigenvalue weighted by Crippen LogP contribution is 2.23. The van der Waals surface area contributed by atoms with Crippen LogP contribution in [0.3, 0.4) is 0 Å². The van der Waals surface area contributed by atoms with Gasteiger partial charge in [0.25, 0.3) is 0 Å². The van der Waals surface area contributed by atoms with Crippen molar-refractivity contribution < 1.29 is 17.2 Å². The van der Waals surface area contributed by atoms with E-state index in [0.717, 1.165) is 6.42 Å². The van der Waals surface area contributed by atoms with Gasteiger partial charge in [0.15, 0.2) is 0 Å². The van der Waals surface area contributed by atoms with Gasteiger partial charge in [-0.05, 0) is 12.0 Å². The molecule has 1 aromatic carbocycles. The number of nitrogens with two attached hydrogens (primary N) is 1. The third-order valence-corrected chi connectivity index (χ3v) is 4.92. The molecule has 1 aromatic heterocycles. The molecule has 6 nitrogen and oxygen atoms in total. The molecule has 0 aliphatic carbocycles. The van der Waals surface area contributed by atoms with E-state index in [1.807, 2.05) is 13.8 Å². The number of benzene rings is 1. The summed E-state index contributed by atoms with van der Waals surface area (Å²) >= 11 is 0. The molecule has 8 heteroatoms. The number of hydrogen-bond donors (Lipinski definition) is 1. The molecular formula is C14H18FN3O3S. The quantitative estimate of drug-likeness (QED) is 0.873. The second-order valence-electron chi connectivity index (χ2n) is 5.17. The molecule has 1 heterocycles. The Balaban J connectivity index is 2.24. The zero-order valence-electron chi connectivity index (χ0n) is 12.4. The minimum absolute atomic E-state index is 0.0495. The Bertz CT molecular complexity index is 745. The Labute approximate surface area is 128 Å². The summed E-state index contributed by atoms with van der Waals surface area (Å²) in [6.07, 6.45) is 0.793. The maximum atomic E-state index is 13.6. The number of halogens is 1. The van der Waals surface area contributed by atoms with E-state index in [9.17, 15) is 12.8 Å². The predicted octanol–water partition coefficient (Wildman–Crippen LogP) is 2.23. The van der Waals surface area contributed by atoms with Crippen LogP contribution < -0.4 is 5.73 Å². The van der Waals surface area contributed by atoms with Gasteiger partial charge < -0.3 is 10.2 Å². The maximum absolute atomic E-state index is 13.6. The van der Waals surface area contributed by atoms with Crippen molar-refractivity contribution >= 4 is 9.84 Å². The lowest BCUT2D eigenvalue weighted by molar-refractivity contribution is 0.327. The molecule has 0 aliphatic rings. The Morgan fingerprint density at radius 3 is 2.64 bits per heavy atom. The zero-order valence-corrected chi connectivity index (χ0v) is 13.2. The lowest BCUT2D eigenvalue weighted by Crippen LogP contribution is -2.18. The van der Waals surface area contributed by atoms with Crippen molar-refractivity contribution in [2.75, 3.05) is 0 Å². The first-order chi connectivity index (χ1) is 10.3. The molecule has 0 bridgehead atoms. The average molecular weight is 327 g/mol. The number of aromatic nitrogens is 2. The summed E-state index contributed by atoms with van der Waals surface area (Å²) < 4.78 is 43.2. The number of sulfone groups is 1. The van der Waals surface area contributed by atoms with Crippen LogP contribution in [0, 0.1) is 11.7 Å². The Kier molecular flexibility index (Phi) is 4.92. The average Bonchev–Trinajstić information content (AvgIpc) is 2.98. The molecule has 120 valence electrons. The van der Waals surface area contributed by atoms with Crippen LogP contribution in [0.2, 0.25) is 0 Å². The van der Waals surface area contributed by atoms with Gasteiger partial charge in [-0.3, -0.25) is 0 Å². The van der Waals surface area contributed by atoms with Crippen LogP contribution >= 0.6 is 0 Å². The number of rotatable bonds is 6. The van der Waals surface area contributed by atoms with E-state index >= 15 is 0 Å². The lowest BCUT2D eigenvalue weighted by atomic mass is 10.0. The highest BCUT2D eigenvalue weighted by atomic mass is 32.2. The van der Waals surface area contributed by atoms with Crippen LogP contribution in [0.25, 0.3) is 0 Å². The van der Waals surface area contributed by atoms with Crippen molar-refractivity contribution in [2.45, 2.75) is 37.3 Å². The second kappa shape index (κ2) is 6.53. The van der Waals surface area contributed by atoms with Gasteiger partial charge in [0.2, 0.25) is 15.7 Å². The first-order valence-electron chi connectivity index (χ1n) is 6.90. The van der Waals surface area contributed by atoms with Crippen LogP contribution in [0.5, 0.6) is 0 Å². The van der Waals surface area contributed by atoms with Crippen LogP contribution in [0.4, 0.5) is 4.39 Å². The van der Waals surface area contributed by atoms with E-state index in [4.69, 9.17) is 10.2 Å². The highest BCUT2D eigenvalue weighted by molar-refractivity contribution is 7.90. The van der Waals surface area contributed by atoms with Crippen molar-refractivity contribution in [3.05, 3.63) is 41.5 Å². The molecule has 0 spiro atoms. The molecule has 22 heavy (non-hydrogen) atoms. The van der Waals surface area contributed by atoms with Crippen molar-refractivity contribution in [3.63, 3.8) is 0 Å². The number of hydrogen-bond acceptors (Lipinski definition) is 6. The number of nitrogens with zero attached hydrogens (tertiary/aromatic N) is 2. The van der Waals surface area contributed by atoms with Crippen LogP contribution in [-0.2, 0) is 15.6 Å². The molecule has 2 N–H and O–H groups in total. The maximum Gasteiger partial charge on any atom is 0.335 e. The van der Waals surface area contributed by atoms with E-state index in [2.05, 4.69) is 10.2 Å². The van der Waals surface area contributed by atoms with E-state index in [0.29, 0.717) is 0 Å². The van der Waals surface area contributed by atoms with Crippen molar-refractivity contribution in [1.29, 1.82) is 0 Å². The molecule has 2 atom stereocenters. The Hall–Kier alpha value is -1.80. The highest BCUT2D eigenvalue weighted by Gasteiger charge is 2.27. The van der Waals surface area contributed by atoms with E-state index in [1.54, 1.807) is 6.07 Å². The first-order valence-corrected chi connectivity index (χ1v) is 8.55. The van der Waals surface area contributed by atoms with Gasteiger partial charge in [0.05, 0.1) is 11.8 Å². The van der Waals surface area contributed by atoms with Crippen LogP contribution in [0.1, 0.15) is 37.8 Å². The van der Waals surface area contributed by atoms with E-state index in [1.165, 1.54) is 18.2 Å². The van der Waals surface area contributed by atoms with Gasteiger partial charge in [-0.25, -0.2) is 12.8 Å². The molecular weight excluding hydrogens is 309 g/mol. The van der Waals surface area contributed by atoms with Gasteiger partial charge in [-0.15, -0.1) is 5.10 Å². The molecule has 0 amide bonds. The SMILES string of the molecule is CCC(C)C(N)c1nnc(S(=O)(=O)Cc2ccccc2F)o1. The summed E-state index contributed by atoms with van der Waals surface area (Å²) in [7, 11) is -3.92. The first kappa shape index (κ1) is 16.6. The fourth-order valence-corrected chi connectivity index (χ4v) is 3.00. The van der Waals surface area contributed by atoms with E-state index in [-0.39, 0.29) is 17.4 Å². The van der Waals surface area contributed by atoms with Crippen molar-refractivity contribution in [3.8, 4) is 0 Å². The predicted molar refractivity (Wildman–Crippen MR) is 78.0 cm³/mol. The third-order valence-electron chi connectivity index (χ3n) is 3.53. The molecule has 2 rings (SSSR count). The van der Waals surface area contributed by atoms with Crippen LogP contribution in [-0.4, -0.2) is 18.6 Å². The summed E-state index contributed by atoms with van der Waals surface area (Å²) in [6, 6.07) is 5.11. The standard InChI is InChI=1S/C14H18FN3O3S/c1-3-9(2)12(16)13-17-18-14(21-13)22(19,20)8-10-6-4-5-7-11(10)15/h4-7,9,12H,3,8,16H2,1-2H3. The summed E-state index contributed by atoms with van der Waals surface area (Å²) in [5.74, 6) is -0.994. The smallest absolute Gasteiger partial charge is 0.335 e. The molecule has 0 saturated carbocycles. The fraction of sp³-hybridized carbons (Fsp3) is 0.429. The largest absolute Gasteiger partial charge is 0.411 e. The Morgan fingerprint density at radius 2 is 2.00 bits per heavy atom. The molecule has 0 fully saturated rings. The molecule has 0 radical (unpaired) electrons. The molecule has 2 aromatic rings. The molecule has 2 unspecified atom stereocenters. The van der Waals surface area contributed by atoms with Gasteiger partial charge in [0.1, 0.15) is 5.82 Å². The molecule has 0 aliphatic heterocycles. The van der Waals surface area contributed by atoms with Gasteiger partial charge >= 0.3 is 5.22 Å². The topological polar surface area (TPSA) is 99.1 Å². The lowest BCUT2D eigenvalue weighted by Gasteiger charge is -2.13. The van der Waals surface area contributed by atoms with Gasteiger partial charge in [-0.2, -0.15) is 0 Å². The normalized spacial score (nSPS) is 14.7. The van der Waals surface area contributed by atoms with E-state index < -0.39 is 32.7 Å². The van der Waals surface area contributed by atoms with Crippen LogP contribution in [0.15, 0.2) is 33.9 Å². The minimum Gasteiger partial charge on any atom is -0.411 e. The summed E-state index contributed by atoms with van der Waals surface area (Å²) in [6.45, 7) is 3.86. The third kappa shape index (κ3) is 3.50. The summed E-state index contributed by atoms with van der Waals surface area (Å²) in [5.41, 5.74) is 5.98. The monoisotopic (exact) mass is 327 g/mol. The minimum atomic E-state index is -3.92.